The van der Waals surface area contributed by atoms with Crippen LogP contribution in [0.5, 0.6) is 5.75 Å². The van der Waals surface area contributed by atoms with Crippen molar-refractivity contribution in [2.45, 2.75) is 18.2 Å². The number of methoxy groups -OCH3 is 1. The fourth-order valence-electron chi connectivity index (χ4n) is 1.75. The van der Waals surface area contributed by atoms with Crippen molar-refractivity contribution in [3.8, 4) is 5.75 Å². The molecule has 6 nitrogen and oxygen atoms in total. The average molecular weight is 317 g/mol. The van der Waals surface area contributed by atoms with Gasteiger partial charge in [-0.2, -0.15) is 4.31 Å². The first-order valence-electron chi connectivity index (χ1n) is 6.89. The minimum Gasteiger partial charge on any atom is -0.494 e. The molecule has 120 valence electrons. The molecule has 21 heavy (non-hydrogen) atoms. The SMILES string of the molecule is CCN(CCOC)S(=O)(=O)c1ccc(OCCCO)cc1. The molecular weight excluding hydrogens is 294 g/mol. The molecule has 0 radical (unpaired) electrons. The van der Waals surface area contributed by atoms with Gasteiger partial charge < -0.3 is 14.6 Å². The highest BCUT2D eigenvalue weighted by Gasteiger charge is 2.22. The molecule has 0 atom stereocenters. The Labute approximate surface area is 126 Å². The zero-order valence-corrected chi connectivity index (χ0v) is 13.3. The molecule has 7 heteroatoms. The van der Waals surface area contributed by atoms with E-state index in [2.05, 4.69) is 0 Å². The molecule has 1 rings (SSSR count). The number of aliphatic hydroxyl groups excluding tert-OH is 1. The zero-order valence-electron chi connectivity index (χ0n) is 12.5. The van der Waals surface area contributed by atoms with E-state index in [0.717, 1.165) is 0 Å². The second-order valence-corrected chi connectivity index (χ2v) is 6.32. The second kappa shape index (κ2) is 8.99. The normalized spacial score (nSPS) is 11.8. The molecule has 0 bridgehead atoms. The number of hydrogen-bond donors (Lipinski definition) is 1. The van der Waals surface area contributed by atoms with Gasteiger partial charge in [0, 0.05) is 33.2 Å². The summed E-state index contributed by atoms with van der Waals surface area (Å²) in [6.07, 6.45) is 0.542. The maximum atomic E-state index is 12.4. The summed E-state index contributed by atoms with van der Waals surface area (Å²) in [5, 5.41) is 8.68. The van der Waals surface area contributed by atoms with Crippen molar-refractivity contribution in [2.75, 3.05) is 40.0 Å². The summed E-state index contributed by atoms with van der Waals surface area (Å²) in [5.41, 5.74) is 0. The van der Waals surface area contributed by atoms with Gasteiger partial charge in [0.1, 0.15) is 5.75 Å². The Morgan fingerprint density at radius 1 is 1.19 bits per heavy atom. The van der Waals surface area contributed by atoms with Gasteiger partial charge in [0.15, 0.2) is 0 Å². The van der Waals surface area contributed by atoms with E-state index >= 15 is 0 Å². The topological polar surface area (TPSA) is 76.1 Å². The number of rotatable bonds is 10. The molecule has 0 aliphatic carbocycles. The van der Waals surface area contributed by atoms with Crippen LogP contribution in [0.3, 0.4) is 0 Å². The highest BCUT2D eigenvalue weighted by Crippen LogP contribution is 2.19. The van der Waals surface area contributed by atoms with Gasteiger partial charge in [-0.1, -0.05) is 6.92 Å². The molecule has 0 saturated heterocycles. The van der Waals surface area contributed by atoms with Crippen molar-refractivity contribution in [3.63, 3.8) is 0 Å². The van der Waals surface area contributed by atoms with Crippen LogP contribution < -0.4 is 4.74 Å². The molecule has 0 spiro atoms. The molecule has 0 heterocycles. The van der Waals surface area contributed by atoms with E-state index in [1.165, 1.54) is 16.4 Å². The Morgan fingerprint density at radius 3 is 2.38 bits per heavy atom. The van der Waals surface area contributed by atoms with E-state index in [-0.39, 0.29) is 11.5 Å². The van der Waals surface area contributed by atoms with Crippen LogP contribution >= 0.6 is 0 Å². The van der Waals surface area contributed by atoms with Crippen LogP contribution in [0, 0.1) is 0 Å². The van der Waals surface area contributed by atoms with E-state index in [0.29, 0.717) is 38.5 Å². The molecule has 0 saturated carbocycles. The van der Waals surface area contributed by atoms with Crippen molar-refractivity contribution in [2.24, 2.45) is 0 Å². The van der Waals surface area contributed by atoms with Crippen LogP contribution in [-0.4, -0.2) is 57.8 Å². The Kier molecular flexibility index (Phi) is 7.66. The fraction of sp³-hybridized carbons (Fsp3) is 0.571. The number of benzene rings is 1. The summed E-state index contributed by atoms with van der Waals surface area (Å²) in [7, 11) is -1.97. The lowest BCUT2D eigenvalue weighted by Crippen LogP contribution is -2.33. The van der Waals surface area contributed by atoms with Gasteiger partial charge in [0.2, 0.25) is 10.0 Å². The van der Waals surface area contributed by atoms with Crippen molar-refractivity contribution in [1.82, 2.24) is 4.31 Å². The van der Waals surface area contributed by atoms with Gasteiger partial charge >= 0.3 is 0 Å². The lowest BCUT2D eigenvalue weighted by molar-refractivity contribution is 0.180. The summed E-state index contributed by atoms with van der Waals surface area (Å²) >= 11 is 0. The van der Waals surface area contributed by atoms with Crippen LogP contribution in [0.4, 0.5) is 0 Å². The van der Waals surface area contributed by atoms with E-state index in [9.17, 15) is 8.42 Å². The Bertz CT molecular complexity index is 501. The molecule has 0 fully saturated rings. The maximum Gasteiger partial charge on any atom is 0.243 e. The summed E-state index contributed by atoms with van der Waals surface area (Å²) < 4.78 is 36.6. The minimum atomic E-state index is -3.51. The smallest absolute Gasteiger partial charge is 0.243 e. The van der Waals surface area contributed by atoms with Gasteiger partial charge in [-0.05, 0) is 24.3 Å². The Balaban J connectivity index is 2.78. The monoisotopic (exact) mass is 317 g/mol. The summed E-state index contributed by atoms with van der Waals surface area (Å²) in [6.45, 7) is 3.33. The third-order valence-corrected chi connectivity index (χ3v) is 4.92. The number of ether oxygens (including phenoxy) is 2. The van der Waals surface area contributed by atoms with E-state index in [1.54, 1.807) is 26.2 Å². The molecule has 0 aliphatic heterocycles. The number of nitrogens with zero attached hydrogens (tertiary/aromatic N) is 1. The van der Waals surface area contributed by atoms with E-state index in [4.69, 9.17) is 14.6 Å². The number of sulfonamides is 1. The lowest BCUT2D eigenvalue weighted by Gasteiger charge is -2.20. The first kappa shape index (κ1) is 17.9. The first-order chi connectivity index (χ1) is 10.1. The van der Waals surface area contributed by atoms with Crippen molar-refractivity contribution >= 4 is 10.0 Å². The highest BCUT2D eigenvalue weighted by atomic mass is 32.2. The molecule has 0 unspecified atom stereocenters. The van der Waals surface area contributed by atoms with E-state index < -0.39 is 10.0 Å². The Morgan fingerprint density at radius 2 is 1.86 bits per heavy atom. The van der Waals surface area contributed by atoms with Gasteiger partial charge in [0.25, 0.3) is 0 Å². The van der Waals surface area contributed by atoms with Gasteiger partial charge in [-0.15, -0.1) is 0 Å². The quantitative estimate of drug-likeness (QED) is 0.654. The molecule has 0 aliphatic rings. The number of hydrogen-bond acceptors (Lipinski definition) is 5. The number of aliphatic hydroxyl groups is 1. The summed E-state index contributed by atoms with van der Waals surface area (Å²) in [6, 6.07) is 6.29. The molecule has 0 amide bonds. The predicted molar refractivity (Wildman–Crippen MR) is 79.9 cm³/mol. The second-order valence-electron chi connectivity index (χ2n) is 4.39. The van der Waals surface area contributed by atoms with Crippen LogP contribution in [0.2, 0.25) is 0 Å². The standard InChI is InChI=1S/C14H23NO5S/c1-3-15(9-12-19-2)21(17,18)14-7-5-13(6-8-14)20-11-4-10-16/h5-8,16H,3-4,9-12H2,1-2H3. The Hall–Kier alpha value is -1.15. The van der Waals surface area contributed by atoms with Gasteiger partial charge in [-0.3, -0.25) is 0 Å². The van der Waals surface area contributed by atoms with Crippen LogP contribution in [0.15, 0.2) is 29.2 Å². The average Bonchev–Trinajstić information content (AvgIpc) is 2.48. The molecule has 1 N–H and O–H groups in total. The fourth-order valence-corrected chi connectivity index (χ4v) is 3.19. The van der Waals surface area contributed by atoms with Crippen LogP contribution in [0.25, 0.3) is 0 Å². The number of likely N-dealkylation sites (N-methyl/N-ethyl adjacent to an activating group) is 1. The third-order valence-electron chi connectivity index (χ3n) is 2.93. The van der Waals surface area contributed by atoms with Crippen molar-refractivity contribution < 1.29 is 23.0 Å². The third kappa shape index (κ3) is 5.28. The van der Waals surface area contributed by atoms with Crippen LogP contribution in [-0.2, 0) is 14.8 Å². The largest absolute Gasteiger partial charge is 0.494 e. The van der Waals surface area contributed by atoms with Crippen LogP contribution in [0.1, 0.15) is 13.3 Å². The molecule has 1 aromatic rings. The lowest BCUT2D eigenvalue weighted by atomic mass is 10.3. The summed E-state index contributed by atoms with van der Waals surface area (Å²) in [4.78, 5) is 0.231. The predicted octanol–water partition coefficient (Wildman–Crippen LogP) is 1.10. The van der Waals surface area contributed by atoms with E-state index in [1.807, 2.05) is 0 Å². The summed E-state index contributed by atoms with van der Waals surface area (Å²) in [5.74, 6) is 0.585. The van der Waals surface area contributed by atoms with Gasteiger partial charge in [-0.25, -0.2) is 8.42 Å². The van der Waals surface area contributed by atoms with Crippen molar-refractivity contribution in [1.29, 1.82) is 0 Å². The zero-order chi connectivity index (χ0) is 15.7. The molecule has 1 aromatic carbocycles. The van der Waals surface area contributed by atoms with Crippen molar-refractivity contribution in [3.05, 3.63) is 24.3 Å². The maximum absolute atomic E-state index is 12.4. The molecular formula is C14H23NO5S. The first-order valence-corrected chi connectivity index (χ1v) is 8.33. The minimum absolute atomic E-state index is 0.0669. The molecule has 0 aromatic heterocycles. The van der Waals surface area contributed by atoms with Gasteiger partial charge in [0.05, 0.1) is 18.1 Å². The highest BCUT2D eigenvalue weighted by molar-refractivity contribution is 7.89.